The number of benzene rings is 1. The van der Waals surface area contributed by atoms with Crippen LogP contribution in [0.4, 0.5) is 15.3 Å². The zero-order valence-electron chi connectivity index (χ0n) is 40.0. The van der Waals surface area contributed by atoms with Crippen molar-refractivity contribution in [1.29, 1.82) is 0 Å². The molecule has 18 heteroatoms. The van der Waals surface area contributed by atoms with Gasteiger partial charge in [0.1, 0.15) is 12.7 Å². The van der Waals surface area contributed by atoms with E-state index in [4.69, 9.17) is 35.2 Å². The topological polar surface area (TPSA) is 269 Å². The molecule has 67 heavy (non-hydrogen) atoms. The average molecular weight is 937 g/mol. The second-order valence-electron chi connectivity index (χ2n) is 18.5. The fourth-order valence-corrected chi connectivity index (χ4v) is 8.14. The normalized spacial score (nSPS) is 25.2. The van der Waals surface area contributed by atoms with Crippen LogP contribution in [-0.4, -0.2) is 109 Å². The van der Waals surface area contributed by atoms with E-state index in [9.17, 15) is 33.6 Å². The maximum absolute atomic E-state index is 13.2. The summed E-state index contributed by atoms with van der Waals surface area (Å²) in [6, 6.07) is 5.15. The SMILES string of the molecule is CC(=O)O[C@@H](C)/C=C\C(=O)N[C@@H]1C[C@H](C)[C@H](C/C=C(C)/C=C/[C@@H]2C[C@]3(CO3)C[C@@H](CC(=O)CNC(=O)OCc3ccc(NC(=O)[C@H](CCCNC(N)=O)CC(=O)[C@@H](N)C(C)C)cc3)O2)O[C@@H]1C. The number of carbonyl (C=O) groups excluding carboxylic acids is 7. The quantitative estimate of drug-likeness (QED) is 0.0267. The molecule has 3 heterocycles. The van der Waals surface area contributed by atoms with Crippen molar-refractivity contribution < 1.29 is 57.2 Å². The molecule has 5 amide bonds. The number of nitrogens with two attached hydrogens (primary N) is 2. The highest BCUT2D eigenvalue weighted by Crippen LogP contribution is 2.43. The summed E-state index contributed by atoms with van der Waals surface area (Å²) in [4.78, 5) is 86.2. The predicted molar refractivity (Wildman–Crippen MR) is 250 cm³/mol. The Balaban J connectivity index is 1.17. The van der Waals surface area contributed by atoms with Gasteiger partial charge in [0.2, 0.25) is 11.8 Å². The van der Waals surface area contributed by atoms with Crippen LogP contribution in [0.15, 0.2) is 60.2 Å². The fourth-order valence-electron chi connectivity index (χ4n) is 8.14. The number of esters is 1. The Morgan fingerprint density at radius 2 is 1.69 bits per heavy atom. The summed E-state index contributed by atoms with van der Waals surface area (Å²) >= 11 is 0. The molecule has 18 nitrogen and oxygen atoms in total. The van der Waals surface area contributed by atoms with E-state index in [-0.39, 0.29) is 104 Å². The number of anilines is 1. The minimum Gasteiger partial charge on any atom is -0.459 e. The first-order valence-corrected chi connectivity index (χ1v) is 23.3. The highest BCUT2D eigenvalue weighted by molar-refractivity contribution is 5.96. The number of epoxide rings is 1. The molecule has 3 fully saturated rings. The molecule has 3 saturated heterocycles. The minimum absolute atomic E-state index is 0.0223. The van der Waals surface area contributed by atoms with E-state index in [1.807, 2.05) is 39.8 Å². The summed E-state index contributed by atoms with van der Waals surface area (Å²) < 4.78 is 28.8. The number of ketones is 2. The van der Waals surface area contributed by atoms with Crippen LogP contribution in [0.1, 0.15) is 105 Å². The maximum Gasteiger partial charge on any atom is 0.407 e. The van der Waals surface area contributed by atoms with Crippen LogP contribution in [0, 0.1) is 17.8 Å². The van der Waals surface area contributed by atoms with Gasteiger partial charge in [-0.2, -0.15) is 0 Å². The summed E-state index contributed by atoms with van der Waals surface area (Å²) in [6.45, 7) is 13.3. The molecule has 4 rings (SSSR count). The molecule has 1 spiro atoms. The number of primary amides is 1. The standard InChI is InChI=1S/C49H72N6O12/c1-29(2)45(50)42(58)22-36(9-8-20-52-47(51)61)46(60)54-37-15-13-35(14-16-37)27-63-48(62)53-26-38(57)23-40-25-49(28-64-49)24-39(67-40)17-10-30(3)11-18-43-31(4)21-41(33(6)66-43)55-44(59)19-12-32(5)65-34(7)56/h10-17,19,29,31-33,36,39-41,43,45H,8-9,18,20-28,50H2,1-7H3,(H,53,62)(H,54,60)(H,55,59)(H3,51,52,61)/b17-10+,19-12-,30-11+/t31-,32-,33+,36+,39+,40+,41+,43-,45-,49+/m0/s1. The van der Waals surface area contributed by atoms with Crippen LogP contribution in [0.2, 0.25) is 0 Å². The first-order valence-electron chi connectivity index (χ1n) is 23.3. The molecule has 0 aliphatic carbocycles. The number of amides is 5. The van der Waals surface area contributed by atoms with Gasteiger partial charge in [0, 0.05) is 56.8 Å². The molecule has 1 aromatic carbocycles. The van der Waals surface area contributed by atoms with E-state index < -0.39 is 36.2 Å². The molecule has 370 valence electrons. The second-order valence-corrected chi connectivity index (χ2v) is 18.5. The number of ether oxygens (including phenoxy) is 5. The molecule has 3 aliphatic rings. The first-order chi connectivity index (χ1) is 31.7. The Labute approximate surface area is 394 Å². The number of hydrogen-bond donors (Lipinski definition) is 6. The molecule has 0 aromatic heterocycles. The van der Waals surface area contributed by atoms with Gasteiger partial charge in [0.25, 0.3) is 0 Å². The maximum atomic E-state index is 13.2. The number of urea groups is 1. The largest absolute Gasteiger partial charge is 0.459 e. The Kier molecular flexibility index (Phi) is 21.2. The van der Waals surface area contributed by atoms with Crippen molar-refractivity contribution in [3.8, 4) is 0 Å². The van der Waals surface area contributed by atoms with Crippen LogP contribution < -0.4 is 32.7 Å². The summed E-state index contributed by atoms with van der Waals surface area (Å²) in [7, 11) is 0. The van der Waals surface area contributed by atoms with Crippen molar-refractivity contribution in [3.05, 3.63) is 65.8 Å². The van der Waals surface area contributed by atoms with Gasteiger partial charge in [-0.25, -0.2) is 9.59 Å². The molecule has 10 atom stereocenters. The van der Waals surface area contributed by atoms with Gasteiger partial charge in [0.15, 0.2) is 11.6 Å². The van der Waals surface area contributed by atoms with E-state index in [0.29, 0.717) is 50.0 Å². The van der Waals surface area contributed by atoms with Crippen LogP contribution in [0.3, 0.4) is 0 Å². The van der Waals surface area contributed by atoms with E-state index in [2.05, 4.69) is 34.3 Å². The molecule has 3 aliphatic heterocycles. The van der Waals surface area contributed by atoms with Crippen LogP contribution >= 0.6 is 0 Å². The van der Waals surface area contributed by atoms with Crippen molar-refractivity contribution in [2.45, 2.75) is 155 Å². The highest BCUT2D eigenvalue weighted by Gasteiger charge is 2.51. The number of allylic oxidation sites excluding steroid dienone is 2. The van der Waals surface area contributed by atoms with Crippen molar-refractivity contribution >= 4 is 47.2 Å². The van der Waals surface area contributed by atoms with Crippen LogP contribution in [0.5, 0.6) is 0 Å². The molecule has 0 bridgehead atoms. The van der Waals surface area contributed by atoms with Gasteiger partial charge in [-0.15, -0.1) is 0 Å². The number of nitrogens with one attached hydrogen (secondary N) is 4. The number of alkyl carbamates (subject to hydrolysis) is 1. The van der Waals surface area contributed by atoms with Gasteiger partial charge < -0.3 is 56.4 Å². The Morgan fingerprint density at radius 3 is 2.34 bits per heavy atom. The first kappa shape index (κ1) is 54.2. The fraction of sp³-hybridized carbons (Fsp3) is 0.612. The lowest BCUT2D eigenvalue weighted by Crippen LogP contribution is -2.50. The molecule has 0 unspecified atom stereocenters. The average Bonchev–Trinajstić information content (AvgIpc) is 4.01. The van der Waals surface area contributed by atoms with Gasteiger partial charge in [0.05, 0.1) is 55.3 Å². The number of carbonyl (C=O) groups is 7. The van der Waals surface area contributed by atoms with Gasteiger partial charge in [-0.3, -0.25) is 24.0 Å². The predicted octanol–water partition coefficient (Wildman–Crippen LogP) is 4.83. The third-order valence-electron chi connectivity index (χ3n) is 12.2. The lowest BCUT2D eigenvalue weighted by Gasteiger charge is -2.39. The number of Topliss-reactive ketones (excluding diaryl/α,β-unsaturated/α-hetero) is 2. The second kappa shape index (κ2) is 26.2. The Hall–Kier alpha value is -5.43. The lowest BCUT2D eigenvalue weighted by atomic mass is 9.88. The molecular weight excluding hydrogens is 865 g/mol. The molecule has 8 N–H and O–H groups in total. The Bertz CT molecular complexity index is 1960. The zero-order valence-corrected chi connectivity index (χ0v) is 40.0. The van der Waals surface area contributed by atoms with Crippen LogP contribution in [-0.2, 0) is 54.3 Å². The van der Waals surface area contributed by atoms with Crippen molar-refractivity contribution in [2.24, 2.45) is 29.2 Å². The summed E-state index contributed by atoms with van der Waals surface area (Å²) in [5, 5.41) is 10.8. The minimum atomic E-state index is -0.760. The van der Waals surface area contributed by atoms with Crippen LogP contribution in [0.25, 0.3) is 0 Å². The number of rotatable bonds is 24. The van der Waals surface area contributed by atoms with Gasteiger partial charge >= 0.3 is 18.1 Å². The molecule has 0 saturated carbocycles. The summed E-state index contributed by atoms with van der Waals surface area (Å²) in [5.41, 5.74) is 13.0. The van der Waals surface area contributed by atoms with Crippen molar-refractivity contribution in [1.82, 2.24) is 16.0 Å². The lowest BCUT2D eigenvalue weighted by molar-refractivity contribution is -0.143. The third-order valence-corrected chi connectivity index (χ3v) is 12.2. The zero-order chi connectivity index (χ0) is 49.3. The van der Waals surface area contributed by atoms with Crippen molar-refractivity contribution in [3.63, 3.8) is 0 Å². The van der Waals surface area contributed by atoms with Gasteiger partial charge in [-0.05, 0) is 82.1 Å². The molecule has 0 radical (unpaired) electrons. The van der Waals surface area contributed by atoms with E-state index in [1.165, 1.54) is 13.0 Å². The van der Waals surface area contributed by atoms with Crippen molar-refractivity contribution in [2.75, 3.05) is 25.0 Å². The number of hydrogen-bond acceptors (Lipinski definition) is 13. The van der Waals surface area contributed by atoms with E-state index >= 15 is 0 Å². The molecular formula is C49H72N6O12. The highest BCUT2D eigenvalue weighted by atomic mass is 16.6. The van der Waals surface area contributed by atoms with E-state index in [0.717, 1.165) is 12.0 Å². The van der Waals surface area contributed by atoms with Gasteiger partial charge in [-0.1, -0.05) is 56.7 Å². The third kappa shape index (κ3) is 19.4. The smallest absolute Gasteiger partial charge is 0.407 e. The molecule has 1 aromatic rings. The van der Waals surface area contributed by atoms with E-state index in [1.54, 1.807) is 37.3 Å². The summed E-state index contributed by atoms with van der Waals surface area (Å²) in [5.74, 6) is -2.03. The monoisotopic (exact) mass is 937 g/mol. The Morgan fingerprint density at radius 1 is 0.970 bits per heavy atom. The summed E-state index contributed by atoms with van der Waals surface area (Å²) in [6.07, 6.45) is 10.5.